The standard InChI is InChI=1S/C24H22FN3O3S/c1-13-26-27-23(32-13)28-19(14-5-9-16(10-6-14)24(2,3)4)18(21(30)22(28)31)20(29)15-7-11-17(25)12-8-15/h5-12,19,29H,1-4H3/t19-/m1/s1. The van der Waals surface area contributed by atoms with Gasteiger partial charge in [0, 0.05) is 5.56 Å². The highest BCUT2D eigenvalue weighted by Crippen LogP contribution is 2.43. The number of rotatable bonds is 3. The first-order valence-electron chi connectivity index (χ1n) is 10.1. The zero-order valence-electron chi connectivity index (χ0n) is 18.1. The molecule has 1 aliphatic rings. The second kappa shape index (κ2) is 7.94. The highest BCUT2D eigenvalue weighted by Gasteiger charge is 2.48. The Balaban J connectivity index is 1.91. The van der Waals surface area contributed by atoms with Crippen LogP contribution >= 0.6 is 11.3 Å². The van der Waals surface area contributed by atoms with Crippen LogP contribution in [0.5, 0.6) is 0 Å². The van der Waals surface area contributed by atoms with Gasteiger partial charge in [0.2, 0.25) is 5.13 Å². The molecule has 164 valence electrons. The maximum atomic E-state index is 13.4. The molecule has 0 bridgehead atoms. The van der Waals surface area contributed by atoms with Crippen LogP contribution in [0.2, 0.25) is 0 Å². The number of hydrogen-bond donors (Lipinski definition) is 1. The summed E-state index contributed by atoms with van der Waals surface area (Å²) in [4.78, 5) is 27.4. The number of aryl methyl sites for hydroxylation is 1. The molecule has 1 saturated heterocycles. The molecule has 0 unspecified atom stereocenters. The van der Waals surface area contributed by atoms with Crippen LogP contribution in [0.3, 0.4) is 0 Å². The van der Waals surface area contributed by atoms with E-state index in [9.17, 15) is 19.1 Å². The van der Waals surface area contributed by atoms with Crippen molar-refractivity contribution in [3.05, 3.63) is 81.6 Å². The Bertz CT molecular complexity index is 1220. The summed E-state index contributed by atoms with van der Waals surface area (Å²) in [7, 11) is 0. The molecule has 1 N–H and O–H groups in total. The summed E-state index contributed by atoms with van der Waals surface area (Å²) in [5, 5.41) is 20.0. The number of benzene rings is 2. The van der Waals surface area contributed by atoms with E-state index in [0.29, 0.717) is 10.6 Å². The third kappa shape index (κ3) is 3.82. The fourth-order valence-corrected chi connectivity index (χ4v) is 4.37. The predicted molar refractivity (Wildman–Crippen MR) is 121 cm³/mol. The summed E-state index contributed by atoms with van der Waals surface area (Å²) in [6.07, 6.45) is 0. The number of Topliss-reactive ketones (excluding diaryl/α,β-unsaturated/α-hetero) is 1. The van der Waals surface area contributed by atoms with Gasteiger partial charge in [-0.1, -0.05) is 56.4 Å². The first-order valence-corrected chi connectivity index (χ1v) is 10.9. The van der Waals surface area contributed by atoms with Gasteiger partial charge >= 0.3 is 5.91 Å². The SMILES string of the molecule is Cc1nnc(N2C(=O)C(=O)C(=C(O)c3ccc(F)cc3)[C@H]2c2ccc(C(C)(C)C)cc2)s1. The van der Waals surface area contributed by atoms with Crippen LogP contribution in [0.15, 0.2) is 54.1 Å². The lowest BCUT2D eigenvalue weighted by molar-refractivity contribution is -0.132. The van der Waals surface area contributed by atoms with Gasteiger partial charge in [-0.15, -0.1) is 10.2 Å². The van der Waals surface area contributed by atoms with Crippen LogP contribution < -0.4 is 4.90 Å². The highest BCUT2D eigenvalue weighted by molar-refractivity contribution is 7.15. The van der Waals surface area contributed by atoms with Crippen molar-refractivity contribution in [3.8, 4) is 0 Å². The van der Waals surface area contributed by atoms with Gasteiger partial charge in [-0.05, 0) is 47.7 Å². The van der Waals surface area contributed by atoms with Gasteiger partial charge in [-0.3, -0.25) is 14.5 Å². The second-order valence-corrected chi connectivity index (χ2v) is 9.81. The van der Waals surface area contributed by atoms with Gasteiger partial charge in [0.15, 0.2) is 0 Å². The summed E-state index contributed by atoms with van der Waals surface area (Å²) in [6, 6.07) is 11.8. The quantitative estimate of drug-likeness (QED) is 0.348. The molecular formula is C24H22FN3O3S. The molecule has 1 amide bonds. The van der Waals surface area contributed by atoms with Crippen LogP contribution in [0, 0.1) is 12.7 Å². The van der Waals surface area contributed by atoms with Crippen molar-refractivity contribution < 1.29 is 19.1 Å². The summed E-state index contributed by atoms with van der Waals surface area (Å²) in [5.41, 5.74) is 1.83. The van der Waals surface area contributed by atoms with E-state index in [-0.39, 0.29) is 27.4 Å². The van der Waals surface area contributed by atoms with Crippen molar-refractivity contribution in [2.24, 2.45) is 0 Å². The van der Waals surface area contributed by atoms with Crippen LogP contribution in [0.25, 0.3) is 5.76 Å². The van der Waals surface area contributed by atoms with Crippen LogP contribution in [0.1, 0.15) is 48.5 Å². The topological polar surface area (TPSA) is 83.4 Å². The third-order valence-corrected chi connectivity index (χ3v) is 6.21. The number of aromatic nitrogens is 2. The number of aliphatic hydroxyl groups excluding tert-OH is 1. The zero-order chi connectivity index (χ0) is 23.2. The first kappa shape index (κ1) is 21.8. The van der Waals surface area contributed by atoms with Crippen molar-refractivity contribution in [1.82, 2.24) is 10.2 Å². The van der Waals surface area contributed by atoms with Crippen molar-refractivity contribution in [1.29, 1.82) is 0 Å². The Morgan fingerprint density at radius 1 is 1.03 bits per heavy atom. The lowest BCUT2D eigenvalue weighted by atomic mass is 9.85. The van der Waals surface area contributed by atoms with Crippen molar-refractivity contribution in [3.63, 3.8) is 0 Å². The van der Waals surface area contributed by atoms with E-state index in [1.165, 1.54) is 40.5 Å². The van der Waals surface area contributed by atoms with Gasteiger partial charge < -0.3 is 5.11 Å². The van der Waals surface area contributed by atoms with Crippen LogP contribution in [0.4, 0.5) is 9.52 Å². The van der Waals surface area contributed by atoms with E-state index in [4.69, 9.17) is 0 Å². The number of ketones is 1. The third-order valence-electron chi connectivity index (χ3n) is 5.38. The van der Waals surface area contributed by atoms with Crippen molar-refractivity contribution in [2.45, 2.75) is 39.2 Å². The Hall–Kier alpha value is -3.39. The maximum absolute atomic E-state index is 13.4. The summed E-state index contributed by atoms with van der Waals surface area (Å²) in [5.74, 6) is -2.46. The number of carbonyl (C=O) groups is 2. The van der Waals surface area contributed by atoms with Crippen molar-refractivity contribution >= 4 is 33.9 Å². The highest BCUT2D eigenvalue weighted by atomic mass is 32.1. The molecule has 2 heterocycles. The molecule has 0 spiro atoms. The number of halogens is 1. The molecule has 0 aliphatic carbocycles. The number of nitrogens with zero attached hydrogens (tertiary/aromatic N) is 3. The first-order chi connectivity index (χ1) is 15.1. The molecule has 1 aromatic heterocycles. The molecule has 0 radical (unpaired) electrons. The van der Waals surface area contributed by atoms with Crippen molar-refractivity contribution in [2.75, 3.05) is 4.90 Å². The molecule has 1 aliphatic heterocycles. The molecular weight excluding hydrogens is 429 g/mol. The van der Waals surface area contributed by atoms with Gasteiger partial charge in [-0.2, -0.15) is 0 Å². The fraction of sp³-hybridized carbons (Fsp3) is 0.250. The van der Waals surface area contributed by atoms with Gasteiger partial charge in [0.25, 0.3) is 5.78 Å². The number of hydrogen-bond acceptors (Lipinski definition) is 6. The Kier molecular flexibility index (Phi) is 5.42. The Labute approximate surface area is 189 Å². The largest absolute Gasteiger partial charge is 0.507 e. The molecule has 32 heavy (non-hydrogen) atoms. The summed E-state index contributed by atoms with van der Waals surface area (Å²) < 4.78 is 13.4. The molecule has 3 aromatic rings. The predicted octanol–water partition coefficient (Wildman–Crippen LogP) is 4.91. The lowest BCUT2D eigenvalue weighted by Crippen LogP contribution is -2.29. The minimum absolute atomic E-state index is 0.0713. The summed E-state index contributed by atoms with van der Waals surface area (Å²) in [6.45, 7) is 8.02. The zero-order valence-corrected chi connectivity index (χ0v) is 18.9. The molecule has 4 rings (SSSR count). The smallest absolute Gasteiger partial charge is 0.301 e. The van der Waals surface area contributed by atoms with E-state index in [2.05, 4.69) is 31.0 Å². The monoisotopic (exact) mass is 451 g/mol. The molecule has 1 atom stereocenters. The molecule has 1 fully saturated rings. The normalized spacial score (nSPS) is 18.4. The van der Waals surface area contributed by atoms with E-state index < -0.39 is 23.5 Å². The van der Waals surface area contributed by atoms with E-state index in [0.717, 1.165) is 5.56 Å². The van der Waals surface area contributed by atoms with E-state index in [1.807, 2.05) is 24.3 Å². The number of aliphatic hydroxyl groups is 1. The van der Waals surface area contributed by atoms with E-state index >= 15 is 0 Å². The second-order valence-electron chi connectivity index (χ2n) is 8.65. The Morgan fingerprint density at radius 2 is 1.66 bits per heavy atom. The lowest BCUT2D eigenvalue weighted by Gasteiger charge is -2.24. The molecule has 6 nitrogen and oxygen atoms in total. The average molecular weight is 452 g/mol. The number of amides is 1. The van der Waals surface area contributed by atoms with Gasteiger partial charge in [0.1, 0.15) is 16.6 Å². The van der Waals surface area contributed by atoms with E-state index in [1.54, 1.807) is 6.92 Å². The molecule has 8 heteroatoms. The maximum Gasteiger partial charge on any atom is 0.301 e. The fourth-order valence-electron chi connectivity index (χ4n) is 3.66. The van der Waals surface area contributed by atoms with Gasteiger partial charge in [-0.25, -0.2) is 4.39 Å². The molecule has 0 saturated carbocycles. The van der Waals surface area contributed by atoms with Crippen LogP contribution in [-0.4, -0.2) is 27.0 Å². The minimum Gasteiger partial charge on any atom is -0.507 e. The van der Waals surface area contributed by atoms with Crippen LogP contribution in [-0.2, 0) is 15.0 Å². The van der Waals surface area contributed by atoms with Gasteiger partial charge in [0.05, 0.1) is 11.6 Å². The average Bonchev–Trinajstić information content (AvgIpc) is 3.28. The number of anilines is 1. The summed E-state index contributed by atoms with van der Waals surface area (Å²) >= 11 is 1.18. The Morgan fingerprint density at radius 3 is 2.19 bits per heavy atom. The number of carbonyl (C=O) groups excluding carboxylic acids is 2. The molecule has 2 aromatic carbocycles. The minimum atomic E-state index is -0.888.